The zero-order valence-corrected chi connectivity index (χ0v) is 50.0. The molecule has 0 saturated heterocycles. The maximum Gasteiger partial charge on any atom is 0.472 e. The van der Waals surface area contributed by atoms with Crippen molar-refractivity contribution in [3.05, 3.63) is 122 Å². The van der Waals surface area contributed by atoms with Crippen LogP contribution in [0.4, 0.5) is 0 Å². The number of phosphoric ester groups is 1. The molecule has 78 heavy (non-hydrogen) atoms. The van der Waals surface area contributed by atoms with Crippen LogP contribution in [-0.2, 0) is 42.2 Å². The minimum Gasteiger partial charge on any atom is -0.462 e. The average Bonchev–Trinajstić information content (AvgIpc) is 3.43. The number of ether oxygens (including phenoxy) is 3. The SMILES string of the molecule is CC/C=C\C/C=C\C/C=C\C/C=C\C/C=C\CCCCCC(=O)OC(COC(=O)CCCCCC/C=C\C/C=C\C/C=C\C/C=C\CC)COP(=O)(O)OCC(CO)OC(=O)CCCCCCC/C=C\CCCCCCCC. The van der Waals surface area contributed by atoms with E-state index < -0.39 is 57.8 Å². The molecular weight excluding hydrogens is 1000 g/mol. The van der Waals surface area contributed by atoms with Crippen molar-refractivity contribution in [3.8, 4) is 0 Å². The number of allylic oxidation sites excluding steroid dienone is 20. The summed E-state index contributed by atoms with van der Waals surface area (Å²) in [6, 6.07) is 0. The molecule has 0 saturated carbocycles. The predicted molar refractivity (Wildman–Crippen MR) is 325 cm³/mol. The fourth-order valence-corrected chi connectivity index (χ4v) is 8.56. The normalized spacial score (nSPS) is 14.2. The third kappa shape index (κ3) is 56.6. The number of phosphoric acid groups is 1. The first kappa shape index (κ1) is 73.9. The number of esters is 3. The molecule has 12 heteroatoms. The highest BCUT2D eigenvalue weighted by Crippen LogP contribution is 2.43. The number of hydrogen-bond donors (Lipinski definition) is 2. The summed E-state index contributed by atoms with van der Waals surface area (Å²) in [4.78, 5) is 48.7. The van der Waals surface area contributed by atoms with Crippen molar-refractivity contribution in [2.75, 3.05) is 26.4 Å². The van der Waals surface area contributed by atoms with Crippen LogP contribution in [0.25, 0.3) is 0 Å². The largest absolute Gasteiger partial charge is 0.472 e. The van der Waals surface area contributed by atoms with Crippen LogP contribution >= 0.6 is 7.82 Å². The maximum absolute atomic E-state index is 12.9. The fourth-order valence-electron chi connectivity index (χ4n) is 7.78. The van der Waals surface area contributed by atoms with Crippen LogP contribution in [0.1, 0.15) is 239 Å². The first-order valence-corrected chi connectivity index (χ1v) is 31.9. The zero-order chi connectivity index (χ0) is 56.9. The van der Waals surface area contributed by atoms with E-state index in [1.165, 1.54) is 38.5 Å². The Hall–Kier alpha value is -4.12. The standard InChI is InChI=1S/C66H109O11P/c1-4-7-10-13-16-19-22-25-28-30-31-33-36-39-42-45-48-51-54-57-66(70)77-63(59-73-64(68)55-52-49-46-43-40-37-35-32-29-26-23-20-17-14-11-8-5-2)61-75-78(71,72)74-60-62(58-67)76-65(69)56-53-50-47-44-41-38-34-27-24-21-18-15-12-9-6-3/h7-8,10-11,16-17,19-20,25-29,31,33-35,37,39,42,62-63,67H,4-6,9,12-15,18,21-24,30,32,36,38,40-41,43-61H2,1-3H3,(H,71,72)/b10-7-,11-8-,19-16-,20-17-,28-25-,29-26-,33-31-,34-27-,37-35-,42-39-. The van der Waals surface area contributed by atoms with E-state index in [4.69, 9.17) is 23.3 Å². The molecule has 3 atom stereocenters. The zero-order valence-electron chi connectivity index (χ0n) is 49.1. The Morgan fingerprint density at radius 1 is 0.372 bits per heavy atom. The van der Waals surface area contributed by atoms with Crippen molar-refractivity contribution in [1.29, 1.82) is 0 Å². The second-order valence-corrected chi connectivity index (χ2v) is 21.2. The van der Waals surface area contributed by atoms with Gasteiger partial charge in [0.2, 0.25) is 0 Å². The third-order valence-electron chi connectivity index (χ3n) is 12.3. The Morgan fingerprint density at radius 3 is 1.05 bits per heavy atom. The van der Waals surface area contributed by atoms with Gasteiger partial charge in [-0.25, -0.2) is 4.57 Å². The molecule has 0 aromatic carbocycles. The van der Waals surface area contributed by atoms with E-state index in [1.807, 2.05) is 0 Å². The van der Waals surface area contributed by atoms with Crippen LogP contribution < -0.4 is 0 Å². The number of hydrogen-bond acceptors (Lipinski definition) is 10. The van der Waals surface area contributed by atoms with Gasteiger partial charge in [-0.3, -0.25) is 23.4 Å². The quantitative estimate of drug-likeness (QED) is 0.0197. The van der Waals surface area contributed by atoms with Crippen LogP contribution in [0.3, 0.4) is 0 Å². The van der Waals surface area contributed by atoms with E-state index in [1.54, 1.807) is 0 Å². The van der Waals surface area contributed by atoms with E-state index in [0.29, 0.717) is 19.3 Å². The number of aliphatic hydroxyl groups is 1. The van der Waals surface area contributed by atoms with Crippen LogP contribution in [0, 0.1) is 0 Å². The van der Waals surface area contributed by atoms with Crippen LogP contribution in [0.5, 0.6) is 0 Å². The van der Waals surface area contributed by atoms with Gasteiger partial charge in [0, 0.05) is 19.3 Å². The summed E-state index contributed by atoms with van der Waals surface area (Å²) in [6.45, 7) is 4.34. The van der Waals surface area contributed by atoms with Crippen molar-refractivity contribution in [2.24, 2.45) is 0 Å². The van der Waals surface area contributed by atoms with Gasteiger partial charge >= 0.3 is 25.7 Å². The van der Waals surface area contributed by atoms with Crippen molar-refractivity contribution < 1.29 is 52.2 Å². The number of rotatable bonds is 55. The smallest absolute Gasteiger partial charge is 0.462 e. The van der Waals surface area contributed by atoms with Crippen LogP contribution in [0.15, 0.2) is 122 Å². The lowest BCUT2D eigenvalue weighted by atomic mass is 10.1. The summed E-state index contributed by atoms with van der Waals surface area (Å²) in [5.41, 5.74) is 0. The third-order valence-corrected chi connectivity index (χ3v) is 13.3. The van der Waals surface area contributed by atoms with E-state index >= 15 is 0 Å². The lowest BCUT2D eigenvalue weighted by molar-refractivity contribution is -0.161. The maximum atomic E-state index is 12.9. The Balaban J connectivity index is 4.84. The molecule has 11 nitrogen and oxygen atoms in total. The molecule has 0 aliphatic carbocycles. The number of carbonyl (C=O) groups excluding carboxylic acids is 3. The van der Waals surface area contributed by atoms with E-state index in [9.17, 15) is 28.9 Å². The van der Waals surface area contributed by atoms with Gasteiger partial charge in [0.25, 0.3) is 0 Å². The van der Waals surface area contributed by atoms with E-state index in [-0.39, 0.29) is 25.9 Å². The molecular formula is C66H109O11P. The molecule has 0 radical (unpaired) electrons. The van der Waals surface area contributed by atoms with Gasteiger partial charge in [-0.05, 0) is 128 Å². The number of unbranched alkanes of at least 4 members (excludes halogenated alkanes) is 18. The van der Waals surface area contributed by atoms with Crippen LogP contribution in [-0.4, -0.2) is 66.5 Å². The Bertz CT molecular complexity index is 1770. The second kappa shape index (κ2) is 59.0. The summed E-state index contributed by atoms with van der Waals surface area (Å²) < 4.78 is 39.6. The summed E-state index contributed by atoms with van der Waals surface area (Å²) in [7, 11) is -4.78. The highest BCUT2D eigenvalue weighted by atomic mass is 31.2. The molecule has 2 N–H and O–H groups in total. The lowest BCUT2D eigenvalue weighted by Gasteiger charge is -2.21. The predicted octanol–water partition coefficient (Wildman–Crippen LogP) is 18.4. The highest BCUT2D eigenvalue weighted by molar-refractivity contribution is 7.47. The molecule has 444 valence electrons. The van der Waals surface area contributed by atoms with Gasteiger partial charge in [-0.15, -0.1) is 0 Å². The Labute approximate surface area is 475 Å². The van der Waals surface area contributed by atoms with E-state index in [2.05, 4.69) is 142 Å². The van der Waals surface area contributed by atoms with Crippen molar-refractivity contribution >= 4 is 25.7 Å². The van der Waals surface area contributed by atoms with Crippen molar-refractivity contribution in [3.63, 3.8) is 0 Å². The van der Waals surface area contributed by atoms with Gasteiger partial charge in [-0.2, -0.15) is 0 Å². The molecule has 0 fully saturated rings. The summed E-state index contributed by atoms with van der Waals surface area (Å²) in [5, 5.41) is 9.83. The lowest BCUT2D eigenvalue weighted by Crippen LogP contribution is -2.30. The molecule has 0 spiro atoms. The van der Waals surface area contributed by atoms with Crippen molar-refractivity contribution in [1.82, 2.24) is 0 Å². The van der Waals surface area contributed by atoms with Gasteiger partial charge in [0.15, 0.2) is 6.10 Å². The highest BCUT2D eigenvalue weighted by Gasteiger charge is 2.28. The van der Waals surface area contributed by atoms with Crippen molar-refractivity contribution in [2.45, 2.75) is 251 Å². The summed E-state index contributed by atoms with van der Waals surface area (Å²) >= 11 is 0. The molecule has 0 bridgehead atoms. The number of carbonyl (C=O) groups is 3. The average molecular weight is 1110 g/mol. The molecule has 0 amide bonds. The Kier molecular flexibility index (Phi) is 55.9. The number of aliphatic hydroxyl groups excluding tert-OH is 1. The summed E-state index contributed by atoms with van der Waals surface area (Å²) in [5.74, 6) is -1.55. The molecule has 0 aromatic rings. The molecule has 0 aliphatic rings. The monoisotopic (exact) mass is 1110 g/mol. The Morgan fingerprint density at radius 2 is 0.667 bits per heavy atom. The molecule has 0 heterocycles. The minimum absolute atomic E-state index is 0.116. The molecule has 3 unspecified atom stereocenters. The van der Waals surface area contributed by atoms with Gasteiger partial charge < -0.3 is 24.2 Å². The van der Waals surface area contributed by atoms with E-state index in [0.717, 1.165) is 141 Å². The van der Waals surface area contributed by atoms with Gasteiger partial charge in [0.1, 0.15) is 12.7 Å². The first-order chi connectivity index (χ1) is 38.2. The molecule has 0 aliphatic heterocycles. The summed E-state index contributed by atoms with van der Waals surface area (Å²) in [6.07, 6.45) is 72.9. The first-order valence-electron chi connectivity index (χ1n) is 30.4. The second-order valence-electron chi connectivity index (χ2n) is 19.7. The molecule has 0 rings (SSSR count). The molecule has 0 aromatic heterocycles. The van der Waals surface area contributed by atoms with Gasteiger partial charge in [0.05, 0.1) is 19.8 Å². The minimum atomic E-state index is -4.78. The fraction of sp³-hybridized carbons (Fsp3) is 0.652. The van der Waals surface area contributed by atoms with Crippen LogP contribution in [0.2, 0.25) is 0 Å². The van der Waals surface area contributed by atoms with Gasteiger partial charge in [-0.1, -0.05) is 213 Å². The topological polar surface area (TPSA) is 155 Å².